The monoisotopic (exact) mass is 295 g/mol. The van der Waals surface area contributed by atoms with E-state index in [1.54, 1.807) is 18.2 Å². The summed E-state index contributed by atoms with van der Waals surface area (Å²) in [6.45, 7) is 0. The molecule has 0 radical (unpaired) electrons. The SMILES string of the molecule is Nc1c(Cl)cc(-c2nc3ccc(F)cc3[nH]2)cc1Cl. The fourth-order valence-electron chi connectivity index (χ4n) is 1.84. The number of hydrogen-bond acceptors (Lipinski definition) is 2. The molecule has 0 aliphatic carbocycles. The number of benzene rings is 2. The number of nitrogens with one attached hydrogen (secondary N) is 1. The molecule has 1 aromatic heterocycles. The molecule has 6 heteroatoms. The van der Waals surface area contributed by atoms with E-state index in [-0.39, 0.29) is 5.82 Å². The average molecular weight is 296 g/mol. The van der Waals surface area contributed by atoms with Gasteiger partial charge in [0.05, 0.1) is 26.8 Å². The molecule has 0 unspecified atom stereocenters. The van der Waals surface area contributed by atoms with Crippen LogP contribution in [0.4, 0.5) is 10.1 Å². The molecular weight excluding hydrogens is 288 g/mol. The Morgan fingerprint density at radius 2 is 1.79 bits per heavy atom. The van der Waals surface area contributed by atoms with Gasteiger partial charge in [-0.1, -0.05) is 23.2 Å². The van der Waals surface area contributed by atoms with Gasteiger partial charge < -0.3 is 10.7 Å². The largest absolute Gasteiger partial charge is 0.396 e. The predicted octanol–water partition coefficient (Wildman–Crippen LogP) is 4.26. The Labute approximate surface area is 118 Å². The molecular formula is C13H8Cl2FN3. The summed E-state index contributed by atoms with van der Waals surface area (Å²) in [5.41, 5.74) is 7.98. The maximum Gasteiger partial charge on any atom is 0.138 e. The van der Waals surface area contributed by atoms with Crippen molar-refractivity contribution in [2.24, 2.45) is 0 Å². The van der Waals surface area contributed by atoms with E-state index in [9.17, 15) is 4.39 Å². The van der Waals surface area contributed by atoms with E-state index in [1.807, 2.05) is 0 Å². The molecule has 19 heavy (non-hydrogen) atoms. The molecule has 0 aliphatic heterocycles. The van der Waals surface area contributed by atoms with Crippen LogP contribution in [0.25, 0.3) is 22.4 Å². The second kappa shape index (κ2) is 4.40. The molecule has 3 nitrogen and oxygen atoms in total. The summed E-state index contributed by atoms with van der Waals surface area (Å²) in [6.07, 6.45) is 0. The summed E-state index contributed by atoms with van der Waals surface area (Å²) in [6, 6.07) is 7.67. The van der Waals surface area contributed by atoms with Crippen LogP contribution in [0.1, 0.15) is 0 Å². The van der Waals surface area contributed by atoms with Crippen molar-refractivity contribution in [3.63, 3.8) is 0 Å². The van der Waals surface area contributed by atoms with Crippen LogP contribution in [0.15, 0.2) is 30.3 Å². The third kappa shape index (κ3) is 2.13. The number of fused-ring (bicyclic) bond motifs is 1. The predicted molar refractivity (Wildman–Crippen MR) is 75.9 cm³/mol. The fraction of sp³-hybridized carbons (Fsp3) is 0. The van der Waals surface area contributed by atoms with Gasteiger partial charge in [-0.3, -0.25) is 0 Å². The molecule has 0 atom stereocenters. The smallest absolute Gasteiger partial charge is 0.138 e. The zero-order chi connectivity index (χ0) is 13.6. The summed E-state index contributed by atoms with van der Waals surface area (Å²) < 4.78 is 13.1. The molecule has 0 spiro atoms. The first kappa shape index (κ1) is 12.3. The van der Waals surface area contributed by atoms with Crippen molar-refractivity contribution >= 4 is 39.9 Å². The number of nitrogens with zero attached hydrogens (tertiary/aromatic N) is 1. The topological polar surface area (TPSA) is 54.7 Å². The number of aromatic amines is 1. The molecule has 0 saturated heterocycles. The summed E-state index contributed by atoms with van der Waals surface area (Å²) in [4.78, 5) is 7.37. The van der Waals surface area contributed by atoms with Crippen LogP contribution in [0, 0.1) is 5.82 Å². The van der Waals surface area contributed by atoms with Gasteiger partial charge in [-0.15, -0.1) is 0 Å². The highest BCUT2D eigenvalue weighted by Crippen LogP contribution is 2.33. The van der Waals surface area contributed by atoms with Crippen molar-refractivity contribution in [3.05, 3.63) is 46.2 Å². The number of rotatable bonds is 1. The number of imidazole rings is 1. The van der Waals surface area contributed by atoms with Gasteiger partial charge in [0.1, 0.15) is 11.6 Å². The Kier molecular flexibility index (Phi) is 2.84. The lowest BCUT2D eigenvalue weighted by molar-refractivity contribution is 0.629. The molecule has 2 aromatic carbocycles. The van der Waals surface area contributed by atoms with Crippen LogP contribution >= 0.6 is 23.2 Å². The van der Waals surface area contributed by atoms with E-state index in [4.69, 9.17) is 28.9 Å². The van der Waals surface area contributed by atoms with Gasteiger partial charge in [0.15, 0.2) is 0 Å². The van der Waals surface area contributed by atoms with E-state index in [2.05, 4.69) is 9.97 Å². The number of hydrogen-bond donors (Lipinski definition) is 2. The maximum absolute atomic E-state index is 13.1. The van der Waals surface area contributed by atoms with Gasteiger partial charge >= 0.3 is 0 Å². The van der Waals surface area contributed by atoms with E-state index in [0.29, 0.717) is 38.2 Å². The summed E-state index contributed by atoms with van der Waals surface area (Å²) in [7, 11) is 0. The Balaban J connectivity index is 2.19. The highest BCUT2D eigenvalue weighted by Gasteiger charge is 2.10. The second-order valence-electron chi connectivity index (χ2n) is 4.10. The minimum Gasteiger partial charge on any atom is -0.396 e. The quantitative estimate of drug-likeness (QED) is 0.659. The number of nitrogens with two attached hydrogens (primary N) is 1. The van der Waals surface area contributed by atoms with Crippen LogP contribution in [-0.2, 0) is 0 Å². The zero-order valence-electron chi connectivity index (χ0n) is 9.55. The molecule has 0 saturated carbocycles. The zero-order valence-corrected chi connectivity index (χ0v) is 11.1. The van der Waals surface area contributed by atoms with E-state index in [1.165, 1.54) is 12.1 Å². The Morgan fingerprint density at radius 3 is 2.47 bits per heavy atom. The second-order valence-corrected chi connectivity index (χ2v) is 4.91. The van der Waals surface area contributed by atoms with Gasteiger partial charge in [0.2, 0.25) is 0 Å². The first-order valence-corrected chi connectivity index (χ1v) is 6.20. The average Bonchev–Trinajstić information content (AvgIpc) is 2.78. The molecule has 0 fully saturated rings. The van der Waals surface area contributed by atoms with Crippen LogP contribution in [0.2, 0.25) is 10.0 Å². The van der Waals surface area contributed by atoms with Crippen LogP contribution in [0.3, 0.4) is 0 Å². The fourth-order valence-corrected chi connectivity index (χ4v) is 2.33. The van der Waals surface area contributed by atoms with Crippen molar-refractivity contribution in [1.82, 2.24) is 9.97 Å². The lowest BCUT2D eigenvalue weighted by Crippen LogP contribution is -1.89. The number of nitrogen functional groups attached to an aromatic ring is 1. The van der Waals surface area contributed by atoms with Crippen LogP contribution < -0.4 is 5.73 Å². The molecule has 3 N–H and O–H groups in total. The van der Waals surface area contributed by atoms with Crippen molar-refractivity contribution in [1.29, 1.82) is 0 Å². The summed E-state index contributed by atoms with van der Waals surface area (Å²) in [5, 5.41) is 0.711. The standard InChI is InChI=1S/C13H8Cl2FN3/c14-8-3-6(4-9(15)12(8)17)13-18-10-2-1-7(16)5-11(10)19-13/h1-5H,17H2,(H,18,19). The van der Waals surface area contributed by atoms with Crippen molar-refractivity contribution in [2.75, 3.05) is 5.73 Å². The minimum atomic E-state index is -0.323. The van der Waals surface area contributed by atoms with Gasteiger partial charge in [-0.05, 0) is 30.3 Å². The molecule has 0 bridgehead atoms. The third-order valence-corrected chi connectivity index (χ3v) is 3.42. The lowest BCUT2D eigenvalue weighted by atomic mass is 10.2. The first-order chi connectivity index (χ1) is 9.04. The van der Waals surface area contributed by atoms with E-state index < -0.39 is 0 Å². The highest BCUT2D eigenvalue weighted by molar-refractivity contribution is 6.39. The summed E-state index contributed by atoms with van der Waals surface area (Å²) in [5.74, 6) is 0.237. The maximum atomic E-state index is 13.1. The molecule has 3 aromatic rings. The Bertz CT molecular complexity index is 760. The molecule has 96 valence electrons. The molecule has 0 amide bonds. The molecule has 1 heterocycles. The Hall–Kier alpha value is -1.78. The first-order valence-electron chi connectivity index (χ1n) is 5.45. The number of H-pyrrole nitrogens is 1. The van der Waals surface area contributed by atoms with Crippen molar-refractivity contribution < 1.29 is 4.39 Å². The normalized spacial score (nSPS) is 11.1. The molecule has 0 aliphatic rings. The Morgan fingerprint density at radius 1 is 1.11 bits per heavy atom. The van der Waals surface area contributed by atoms with Gasteiger partial charge in [-0.2, -0.15) is 0 Å². The summed E-state index contributed by atoms with van der Waals surface area (Å²) >= 11 is 12.0. The number of halogens is 3. The van der Waals surface area contributed by atoms with Gasteiger partial charge in [-0.25, -0.2) is 9.37 Å². The molecule has 3 rings (SSSR count). The minimum absolute atomic E-state index is 0.323. The number of aromatic nitrogens is 2. The van der Waals surface area contributed by atoms with E-state index in [0.717, 1.165) is 0 Å². The number of anilines is 1. The van der Waals surface area contributed by atoms with Gasteiger partial charge in [0.25, 0.3) is 0 Å². The van der Waals surface area contributed by atoms with Gasteiger partial charge in [0, 0.05) is 5.56 Å². The van der Waals surface area contributed by atoms with E-state index >= 15 is 0 Å². The van der Waals surface area contributed by atoms with Crippen LogP contribution in [0.5, 0.6) is 0 Å². The van der Waals surface area contributed by atoms with Crippen molar-refractivity contribution in [2.45, 2.75) is 0 Å². The highest BCUT2D eigenvalue weighted by atomic mass is 35.5. The van der Waals surface area contributed by atoms with Crippen LogP contribution in [-0.4, -0.2) is 9.97 Å². The lowest BCUT2D eigenvalue weighted by Gasteiger charge is -2.03. The van der Waals surface area contributed by atoms with Crippen molar-refractivity contribution in [3.8, 4) is 11.4 Å². The third-order valence-electron chi connectivity index (χ3n) is 2.80.